The van der Waals surface area contributed by atoms with E-state index in [2.05, 4.69) is 50.5 Å². The van der Waals surface area contributed by atoms with Crippen molar-refractivity contribution in [2.45, 2.75) is 33.7 Å². The van der Waals surface area contributed by atoms with Crippen molar-refractivity contribution in [1.29, 1.82) is 0 Å². The minimum absolute atomic E-state index is 0.272. The summed E-state index contributed by atoms with van der Waals surface area (Å²) >= 11 is 7.56. The molecule has 3 heteroatoms. The van der Waals surface area contributed by atoms with E-state index in [0.717, 1.165) is 4.34 Å². The van der Waals surface area contributed by atoms with E-state index in [4.69, 9.17) is 11.6 Å². The molecule has 0 aliphatic rings. The molecule has 2 rings (SSSR count). The van der Waals surface area contributed by atoms with Crippen LogP contribution in [0.1, 0.15) is 35.2 Å². The minimum atomic E-state index is 0.272. The van der Waals surface area contributed by atoms with Crippen molar-refractivity contribution >= 4 is 28.6 Å². The number of nitrogens with one attached hydrogen (secondary N) is 1. The van der Waals surface area contributed by atoms with Gasteiger partial charge in [-0.3, -0.25) is 0 Å². The van der Waals surface area contributed by atoms with Gasteiger partial charge in [-0.1, -0.05) is 29.3 Å². The first kappa shape index (κ1) is 13.4. The Bertz CT molecular complexity index is 536. The highest BCUT2D eigenvalue weighted by Crippen LogP contribution is 2.30. The van der Waals surface area contributed by atoms with Gasteiger partial charge in [0.15, 0.2) is 0 Å². The van der Waals surface area contributed by atoms with Gasteiger partial charge in [0, 0.05) is 11.7 Å². The molecule has 1 heterocycles. The smallest absolute Gasteiger partial charge is 0.0931 e. The van der Waals surface area contributed by atoms with Crippen molar-refractivity contribution in [3.05, 3.63) is 50.2 Å². The number of anilines is 1. The van der Waals surface area contributed by atoms with E-state index >= 15 is 0 Å². The molecule has 1 N–H and O–H groups in total. The number of thiophene rings is 1. The molecule has 18 heavy (non-hydrogen) atoms. The van der Waals surface area contributed by atoms with Crippen molar-refractivity contribution in [2.24, 2.45) is 0 Å². The molecule has 0 fully saturated rings. The van der Waals surface area contributed by atoms with Gasteiger partial charge in [-0.15, -0.1) is 11.3 Å². The van der Waals surface area contributed by atoms with Crippen LogP contribution in [0, 0.1) is 20.8 Å². The Hall–Kier alpha value is -0.990. The number of aryl methyl sites for hydroxylation is 3. The van der Waals surface area contributed by atoms with Gasteiger partial charge < -0.3 is 5.32 Å². The maximum atomic E-state index is 5.98. The molecule has 0 amide bonds. The molecule has 0 aliphatic heterocycles. The molecule has 0 spiro atoms. The van der Waals surface area contributed by atoms with E-state index in [9.17, 15) is 0 Å². The summed E-state index contributed by atoms with van der Waals surface area (Å²) in [6.07, 6.45) is 0. The molecule has 1 nitrogen and oxygen atoms in total. The maximum Gasteiger partial charge on any atom is 0.0931 e. The summed E-state index contributed by atoms with van der Waals surface area (Å²) in [5.74, 6) is 0. The molecule has 2 aromatic rings. The third-order valence-corrected chi connectivity index (χ3v) is 4.24. The van der Waals surface area contributed by atoms with Gasteiger partial charge >= 0.3 is 0 Å². The summed E-state index contributed by atoms with van der Waals surface area (Å²) < 4.78 is 0.844. The van der Waals surface area contributed by atoms with Crippen LogP contribution in [0.15, 0.2) is 23.6 Å². The fourth-order valence-electron chi connectivity index (χ4n) is 2.26. The van der Waals surface area contributed by atoms with Crippen molar-refractivity contribution < 1.29 is 0 Å². The first-order valence-corrected chi connectivity index (χ1v) is 7.31. The second-order valence-corrected chi connectivity index (χ2v) is 6.37. The lowest BCUT2D eigenvalue weighted by atomic mass is 10.0. The van der Waals surface area contributed by atoms with Crippen LogP contribution >= 0.6 is 22.9 Å². The summed E-state index contributed by atoms with van der Waals surface area (Å²) in [5, 5.41) is 5.69. The van der Waals surface area contributed by atoms with Gasteiger partial charge in [-0.25, -0.2) is 0 Å². The molecular weight excluding hydrogens is 262 g/mol. The molecule has 96 valence electrons. The van der Waals surface area contributed by atoms with Crippen molar-refractivity contribution in [3.63, 3.8) is 0 Å². The van der Waals surface area contributed by atoms with Crippen molar-refractivity contribution in [1.82, 2.24) is 0 Å². The van der Waals surface area contributed by atoms with Gasteiger partial charge in [-0.05, 0) is 55.8 Å². The molecule has 1 atom stereocenters. The molecule has 0 aliphatic carbocycles. The Morgan fingerprint density at radius 2 is 1.72 bits per heavy atom. The molecule has 1 aromatic carbocycles. The molecule has 0 radical (unpaired) electrons. The van der Waals surface area contributed by atoms with E-state index in [-0.39, 0.29) is 6.04 Å². The summed E-state index contributed by atoms with van der Waals surface area (Å²) in [7, 11) is 0. The van der Waals surface area contributed by atoms with E-state index in [1.54, 1.807) is 11.3 Å². The quantitative estimate of drug-likeness (QED) is 0.782. The predicted octanol–water partition coefficient (Wildman–Crippen LogP) is 5.50. The Labute approximate surface area is 118 Å². The second-order valence-electron chi connectivity index (χ2n) is 4.82. The summed E-state index contributed by atoms with van der Waals surface area (Å²) in [5.41, 5.74) is 6.36. The van der Waals surface area contributed by atoms with Gasteiger partial charge in [0.2, 0.25) is 0 Å². The maximum absolute atomic E-state index is 5.98. The number of hydrogen-bond acceptors (Lipinski definition) is 2. The highest BCUT2D eigenvalue weighted by molar-refractivity contribution is 7.14. The molecule has 0 saturated heterocycles. The first-order valence-electron chi connectivity index (χ1n) is 6.05. The van der Waals surface area contributed by atoms with Crippen molar-refractivity contribution in [2.75, 3.05) is 5.32 Å². The van der Waals surface area contributed by atoms with Gasteiger partial charge in [-0.2, -0.15) is 0 Å². The lowest BCUT2D eigenvalue weighted by molar-refractivity contribution is 0.885. The zero-order valence-corrected chi connectivity index (χ0v) is 12.7. The number of halogens is 1. The molecule has 0 bridgehead atoms. The average Bonchev–Trinajstić information content (AvgIpc) is 2.70. The Kier molecular flexibility index (Phi) is 3.98. The Morgan fingerprint density at radius 1 is 1.11 bits per heavy atom. The number of benzene rings is 1. The molecule has 1 aromatic heterocycles. The topological polar surface area (TPSA) is 12.0 Å². The van der Waals surface area contributed by atoms with Crippen molar-refractivity contribution in [3.8, 4) is 0 Å². The van der Waals surface area contributed by atoms with Crippen LogP contribution in [0.25, 0.3) is 0 Å². The van der Waals surface area contributed by atoms with E-state index < -0.39 is 0 Å². The van der Waals surface area contributed by atoms with Crippen LogP contribution in [-0.4, -0.2) is 0 Å². The summed E-state index contributed by atoms with van der Waals surface area (Å²) in [6.45, 7) is 8.59. The lowest BCUT2D eigenvalue weighted by Crippen LogP contribution is -2.08. The lowest BCUT2D eigenvalue weighted by Gasteiger charge is -2.19. The highest BCUT2D eigenvalue weighted by atomic mass is 35.5. The standard InChI is InChI=1S/C15H18ClNS/c1-9-5-10(2)15(11(3)6-9)17-12(4)13-7-14(16)18-8-13/h5-8,12,17H,1-4H3. The Balaban J connectivity index is 2.24. The fourth-order valence-corrected chi connectivity index (χ4v) is 3.24. The van der Waals surface area contributed by atoms with Crippen LogP contribution in [-0.2, 0) is 0 Å². The van der Waals surface area contributed by atoms with E-state index in [0.29, 0.717) is 0 Å². The van der Waals surface area contributed by atoms with Crippen LogP contribution in [0.3, 0.4) is 0 Å². The van der Waals surface area contributed by atoms with E-state index in [1.165, 1.54) is 27.9 Å². The SMILES string of the molecule is Cc1cc(C)c(NC(C)c2csc(Cl)c2)c(C)c1. The average molecular weight is 280 g/mol. The van der Waals surface area contributed by atoms with Crippen LogP contribution in [0.2, 0.25) is 4.34 Å². The van der Waals surface area contributed by atoms with E-state index in [1.807, 2.05) is 6.07 Å². The molecular formula is C15H18ClNS. The summed E-state index contributed by atoms with van der Waals surface area (Å²) in [6, 6.07) is 6.72. The molecule has 0 saturated carbocycles. The van der Waals surface area contributed by atoms with Gasteiger partial charge in [0.25, 0.3) is 0 Å². The van der Waals surface area contributed by atoms with Gasteiger partial charge in [0.1, 0.15) is 0 Å². The highest BCUT2D eigenvalue weighted by Gasteiger charge is 2.10. The van der Waals surface area contributed by atoms with Crippen LogP contribution < -0.4 is 5.32 Å². The minimum Gasteiger partial charge on any atom is -0.378 e. The molecule has 1 unspecified atom stereocenters. The Morgan fingerprint density at radius 3 is 2.22 bits per heavy atom. The first-order chi connectivity index (χ1) is 8.47. The van der Waals surface area contributed by atoms with Crippen LogP contribution in [0.4, 0.5) is 5.69 Å². The second kappa shape index (κ2) is 5.33. The fraction of sp³-hybridized carbons (Fsp3) is 0.333. The zero-order valence-electron chi connectivity index (χ0n) is 11.2. The third kappa shape index (κ3) is 2.88. The largest absolute Gasteiger partial charge is 0.378 e. The predicted molar refractivity (Wildman–Crippen MR) is 82.0 cm³/mol. The monoisotopic (exact) mass is 279 g/mol. The normalized spacial score (nSPS) is 12.5. The number of hydrogen-bond donors (Lipinski definition) is 1. The van der Waals surface area contributed by atoms with Crippen LogP contribution in [0.5, 0.6) is 0 Å². The summed E-state index contributed by atoms with van der Waals surface area (Å²) in [4.78, 5) is 0. The zero-order chi connectivity index (χ0) is 13.3. The van der Waals surface area contributed by atoms with Gasteiger partial charge in [0.05, 0.1) is 4.34 Å². The third-order valence-electron chi connectivity index (χ3n) is 3.13. The number of rotatable bonds is 3.